The lowest BCUT2D eigenvalue weighted by Gasteiger charge is -2.07. The lowest BCUT2D eigenvalue weighted by molar-refractivity contribution is 0.535. The Bertz CT molecular complexity index is 231. The molecule has 1 atom stereocenters. The van der Waals surface area contributed by atoms with Crippen LogP contribution in [0.25, 0.3) is 0 Å². The predicted octanol–water partition coefficient (Wildman–Crippen LogP) is 3.16. The van der Waals surface area contributed by atoms with E-state index in [9.17, 15) is 0 Å². The van der Waals surface area contributed by atoms with E-state index in [-0.39, 0.29) is 6.04 Å². The molecule has 0 fully saturated rings. The van der Waals surface area contributed by atoms with Gasteiger partial charge < -0.3 is 10.7 Å². The van der Waals surface area contributed by atoms with Crippen LogP contribution in [0.5, 0.6) is 0 Å². The molecule has 3 heteroatoms. The number of nitrogens with two attached hydrogens (primary N) is 1. The Labute approximate surface area is 92.5 Å². The fourth-order valence-electron chi connectivity index (χ4n) is 1.76. The quantitative estimate of drug-likeness (QED) is 0.646. The summed E-state index contributed by atoms with van der Waals surface area (Å²) in [5.41, 5.74) is 5.99. The molecule has 0 amide bonds. The van der Waals surface area contributed by atoms with Crippen LogP contribution in [-0.4, -0.2) is 9.97 Å². The van der Waals surface area contributed by atoms with E-state index in [0.717, 1.165) is 12.2 Å². The van der Waals surface area contributed by atoms with E-state index < -0.39 is 0 Å². The maximum Gasteiger partial charge on any atom is 0.123 e. The third-order valence-electron chi connectivity index (χ3n) is 2.74. The van der Waals surface area contributed by atoms with Crippen molar-refractivity contribution in [3.63, 3.8) is 0 Å². The van der Waals surface area contributed by atoms with E-state index in [2.05, 4.69) is 16.9 Å². The van der Waals surface area contributed by atoms with Crippen LogP contribution in [0.4, 0.5) is 0 Å². The van der Waals surface area contributed by atoms with Gasteiger partial charge in [-0.05, 0) is 6.42 Å². The van der Waals surface area contributed by atoms with Crippen molar-refractivity contribution in [2.75, 3.05) is 0 Å². The Morgan fingerprint density at radius 1 is 1.27 bits per heavy atom. The summed E-state index contributed by atoms with van der Waals surface area (Å²) in [5.74, 6) is 0.920. The zero-order valence-electron chi connectivity index (χ0n) is 9.71. The highest BCUT2D eigenvalue weighted by Crippen LogP contribution is 2.14. The highest BCUT2D eigenvalue weighted by molar-refractivity contribution is 4.93. The van der Waals surface area contributed by atoms with Crippen LogP contribution in [0.1, 0.15) is 63.7 Å². The summed E-state index contributed by atoms with van der Waals surface area (Å²) in [4.78, 5) is 7.23. The molecular formula is C12H23N3. The van der Waals surface area contributed by atoms with Crippen LogP contribution in [0.2, 0.25) is 0 Å². The van der Waals surface area contributed by atoms with Crippen LogP contribution in [0, 0.1) is 0 Å². The van der Waals surface area contributed by atoms with Gasteiger partial charge in [-0.15, -0.1) is 0 Å². The van der Waals surface area contributed by atoms with E-state index >= 15 is 0 Å². The maximum absolute atomic E-state index is 5.99. The SMILES string of the molecule is CCCCCCCCC(N)c1ncc[nH]1. The number of hydrogen-bond donors (Lipinski definition) is 2. The summed E-state index contributed by atoms with van der Waals surface area (Å²) < 4.78 is 0. The minimum Gasteiger partial charge on any atom is -0.347 e. The third kappa shape index (κ3) is 4.98. The van der Waals surface area contributed by atoms with Crippen LogP contribution in [0.15, 0.2) is 12.4 Å². The molecule has 1 heterocycles. The monoisotopic (exact) mass is 209 g/mol. The molecule has 0 saturated heterocycles. The van der Waals surface area contributed by atoms with Crippen molar-refractivity contribution in [1.29, 1.82) is 0 Å². The lowest BCUT2D eigenvalue weighted by atomic mass is 10.1. The summed E-state index contributed by atoms with van der Waals surface area (Å²) >= 11 is 0. The average Bonchev–Trinajstić information content (AvgIpc) is 2.76. The first-order chi connectivity index (χ1) is 7.34. The van der Waals surface area contributed by atoms with Gasteiger partial charge in [-0.2, -0.15) is 0 Å². The summed E-state index contributed by atoms with van der Waals surface area (Å²) in [7, 11) is 0. The van der Waals surface area contributed by atoms with Crippen molar-refractivity contribution in [2.24, 2.45) is 5.73 Å². The molecule has 1 rings (SSSR count). The second kappa shape index (κ2) is 7.46. The van der Waals surface area contributed by atoms with Crippen molar-refractivity contribution in [3.8, 4) is 0 Å². The summed E-state index contributed by atoms with van der Waals surface area (Å²) in [6, 6.07) is 0.0891. The van der Waals surface area contributed by atoms with Crippen molar-refractivity contribution in [3.05, 3.63) is 18.2 Å². The Hall–Kier alpha value is -0.830. The molecule has 0 aromatic carbocycles. The molecule has 0 radical (unpaired) electrons. The molecule has 0 saturated carbocycles. The van der Waals surface area contributed by atoms with Crippen LogP contribution in [-0.2, 0) is 0 Å². The Balaban J connectivity index is 2.00. The largest absolute Gasteiger partial charge is 0.347 e. The van der Waals surface area contributed by atoms with Crippen molar-refractivity contribution >= 4 is 0 Å². The van der Waals surface area contributed by atoms with Crippen molar-refractivity contribution < 1.29 is 0 Å². The number of unbranched alkanes of at least 4 members (excludes halogenated alkanes) is 5. The minimum absolute atomic E-state index is 0.0891. The molecule has 0 aliphatic heterocycles. The number of aromatic nitrogens is 2. The zero-order chi connectivity index (χ0) is 10.9. The van der Waals surface area contributed by atoms with Gasteiger partial charge in [0.05, 0.1) is 6.04 Å². The smallest absolute Gasteiger partial charge is 0.123 e. The summed E-state index contributed by atoms with van der Waals surface area (Å²) in [6.45, 7) is 2.24. The highest BCUT2D eigenvalue weighted by atomic mass is 14.9. The van der Waals surface area contributed by atoms with E-state index in [1.54, 1.807) is 6.20 Å². The van der Waals surface area contributed by atoms with Crippen LogP contribution >= 0.6 is 0 Å². The molecule has 0 aliphatic rings. The van der Waals surface area contributed by atoms with Gasteiger partial charge in [0.25, 0.3) is 0 Å². The molecule has 0 aliphatic carbocycles. The van der Waals surface area contributed by atoms with E-state index in [1.807, 2.05) is 6.20 Å². The molecule has 0 spiro atoms. The van der Waals surface area contributed by atoms with Gasteiger partial charge in [0.15, 0.2) is 0 Å². The molecular weight excluding hydrogens is 186 g/mol. The van der Waals surface area contributed by atoms with Gasteiger partial charge in [-0.25, -0.2) is 4.98 Å². The van der Waals surface area contributed by atoms with E-state index in [1.165, 1.54) is 38.5 Å². The standard InChI is InChI=1S/C12H23N3/c1-2-3-4-5-6-7-8-11(13)12-14-9-10-15-12/h9-11H,2-8,13H2,1H3,(H,14,15). The van der Waals surface area contributed by atoms with Gasteiger partial charge in [-0.1, -0.05) is 45.4 Å². The first-order valence-corrected chi connectivity index (χ1v) is 6.09. The molecule has 3 nitrogen and oxygen atoms in total. The number of hydrogen-bond acceptors (Lipinski definition) is 2. The first kappa shape index (κ1) is 12.2. The topological polar surface area (TPSA) is 54.7 Å². The summed E-state index contributed by atoms with van der Waals surface area (Å²) in [5, 5.41) is 0. The lowest BCUT2D eigenvalue weighted by Crippen LogP contribution is -2.11. The number of nitrogens with zero attached hydrogens (tertiary/aromatic N) is 1. The second-order valence-corrected chi connectivity index (χ2v) is 4.14. The highest BCUT2D eigenvalue weighted by Gasteiger charge is 2.06. The predicted molar refractivity (Wildman–Crippen MR) is 63.5 cm³/mol. The number of nitrogens with one attached hydrogen (secondary N) is 1. The molecule has 1 aromatic heterocycles. The number of imidazole rings is 1. The Morgan fingerprint density at radius 3 is 2.67 bits per heavy atom. The van der Waals surface area contributed by atoms with Crippen LogP contribution < -0.4 is 5.73 Å². The molecule has 1 aromatic rings. The van der Waals surface area contributed by atoms with Crippen molar-refractivity contribution in [1.82, 2.24) is 9.97 Å². The maximum atomic E-state index is 5.99. The molecule has 0 bridgehead atoms. The zero-order valence-corrected chi connectivity index (χ0v) is 9.71. The third-order valence-corrected chi connectivity index (χ3v) is 2.74. The summed E-state index contributed by atoms with van der Waals surface area (Å²) in [6.07, 6.45) is 12.5. The van der Waals surface area contributed by atoms with Gasteiger partial charge in [-0.3, -0.25) is 0 Å². The molecule has 3 N–H and O–H groups in total. The Morgan fingerprint density at radius 2 is 2.00 bits per heavy atom. The molecule has 86 valence electrons. The molecule has 1 unspecified atom stereocenters. The van der Waals surface area contributed by atoms with Crippen molar-refractivity contribution in [2.45, 2.75) is 57.9 Å². The number of H-pyrrole nitrogens is 1. The number of rotatable bonds is 8. The Kier molecular flexibility index (Phi) is 6.09. The number of aromatic amines is 1. The minimum atomic E-state index is 0.0891. The molecule has 15 heavy (non-hydrogen) atoms. The second-order valence-electron chi connectivity index (χ2n) is 4.14. The fourth-order valence-corrected chi connectivity index (χ4v) is 1.76. The van der Waals surface area contributed by atoms with Gasteiger partial charge in [0.1, 0.15) is 5.82 Å². The van der Waals surface area contributed by atoms with E-state index in [4.69, 9.17) is 5.73 Å². The van der Waals surface area contributed by atoms with Gasteiger partial charge in [0.2, 0.25) is 0 Å². The average molecular weight is 209 g/mol. The van der Waals surface area contributed by atoms with E-state index in [0.29, 0.717) is 0 Å². The van der Waals surface area contributed by atoms with Gasteiger partial charge >= 0.3 is 0 Å². The fraction of sp³-hybridized carbons (Fsp3) is 0.750. The first-order valence-electron chi connectivity index (χ1n) is 6.09. The normalized spacial score (nSPS) is 12.9. The van der Waals surface area contributed by atoms with Crippen LogP contribution in [0.3, 0.4) is 0 Å². The van der Waals surface area contributed by atoms with Gasteiger partial charge in [0, 0.05) is 12.4 Å².